The second kappa shape index (κ2) is 8.69. The molecule has 0 saturated carbocycles. The Morgan fingerprint density at radius 2 is 1.79 bits per heavy atom. The van der Waals surface area contributed by atoms with Gasteiger partial charge in [0, 0.05) is 38.6 Å². The summed E-state index contributed by atoms with van der Waals surface area (Å²) in [5.41, 5.74) is 4.15. The molecular formula is C22H29N5O. The highest BCUT2D eigenvalue weighted by molar-refractivity contribution is 5.78. The predicted molar refractivity (Wildman–Crippen MR) is 110 cm³/mol. The first-order valence-electron chi connectivity index (χ1n) is 10.3. The van der Waals surface area contributed by atoms with E-state index in [4.69, 9.17) is 0 Å². The van der Waals surface area contributed by atoms with Gasteiger partial charge in [0.1, 0.15) is 0 Å². The van der Waals surface area contributed by atoms with Crippen molar-refractivity contribution in [2.75, 3.05) is 37.6 Å². The van der Waals surface area contributed by atoms with Crippen LogP contribution in [0.2, 0.25) is 0 Å². The van der Waals surface area contributed by atoms with Gasteiger partial charge in [-0.3, -0.25) is 9.69 Å². The maximum atomic E-state index is 12.5. The van der Waals surface area contributed by atoms with Gasteiger partial charge in [-0.1, -0.05) is 18.2 Å². The maximum Gasteiger partial charge on any atom is 0.234 e. The number of nitrogens with one attached hydrogen (secondary N) is 1. The fourth-order valence-corrected chi connectivity index (χ4v) is 4.16. The number of hydrogen-bond donors (Lipinski definition) is 1. The lowest BCUT2D eigenvalue weighted by Crippen LogP contribution is -2.50. The molecule has 1 aromatic carbocycles. The Labute approximate surface area is 167 Å². The summed E-state index contributed by atoms with van der Waals surface area (Å²) >= 11 is 0. The molecule has 1 aliphatic heterocycles. The number of amides is 1. The minimum Gasteiger partial charge on any atom is -0.348 e. The Kier molecular flexibility index (Phi) is 5.86. The topological polar surface area (TPSA) is 61.4 Å². The summed E-state index contributed by atoms with van der Waals surface area (Å²) in [7, 11) is 0. The van der Waals surface area contributed by atoms with Gasteiger partial charge in [-0.15, -0.1) is 0 Å². The van der Waals surface area contributed by atoms with Crippen LogP contribution in [0.1, 0.15) is 42.5 Å². The summed E-state index contributed by atoms with van der Waals surface area (Å²) in [6.07, 6.45) is 8.46. The fourth-order valence-electron chi connectivity index (χ4n) is 4.16. The first-order chi connectivity index (χ1) is 13.7. The lowest BCUT2D eigenvalue weighted by Gasteiger charge is -2.34. The predicted octanol–water partition coefficient (Wildman–Crippen LogP) is 2.35. The zero-order chi connectivity index (χ0) is 19.3. The average molecular weight is 380 g/mol. The quantitative estimate of drug-likeness (QED) is 0.864. The monoisotopic (exact) mass is 379 g/mol. The van der Waals surface area contributed by atoms with E-state index < -0.39 is 0 Å². The molecule has 6 nitrogen and oxygen atoms in total. The number of aryl methyl sites for hydroxylation is 2. The molecule has 2 aromatic rings. The van der Waals surface area contributed by atoms with Crippen molar-refractivity contribution in [2.24, 2.45) is 0 Å². The van der Waals surface area contributed by atoms with E-state index in [-0.39, 0.29) is 11.9 Å². The summed E-state index contributed by atoms with van der Waals surface area (Å²) in [5, 5.41) is 3.17. The summed E-state index contributed by atoms with van der Waals surface area (Å²) in [6, 6.07) is 8.58. The van der Waals surface area contributed by atoms with Gasteiger partial charge in [-0.05, 0) is 55.4 Å². The second-order valence-electron chi connectivity index (χ2n) is 7.84. The van der Waals surface area contributed by atoms with E-state index in [0.717, 1.165) is 32.1 Å². The van der Waals surface area contributed by atoms with Gasteiger partial charge >= 0.3 is 0 Å². The normalized spacial score (nSPS) is 18.4. The fraction of sp³-hybridized carbons (Fsp3) is 0.500. The van der Waals surface area contributed by atoms with Crippen molar-refractivity contribution in [1.29, 1.82) is 0 Å². The summed E-state index contributed by atoms with van der Waals surface area (Å²) in [6.45, 7) is 5.90. The van der Waals surface area contributed by atoms with Crippen LogP contribution in [-0.4, -0.2) is 53.5 Å². The molecule has 2 aliphatic rings. The van der Waals surface area contributed by atoms with Crippen LogP contribution in [0, 0.1) is 0 Å². The number of aromatic nitrogens is 2. The first-order valence-corrected chi connectivity index (χ1v) is 10.3. The Morgan fingerprint density at radius 1 is 1.07 bits per heavy atom. The molecule has 1 amide bonds. The van der Waals surface area contributed by atoms with Crippen molar-refractivity contribution < 1.29 is 4.79 Å². The van der Waals surface area contributed by atoms with Crippen molar-refractivity contribution in [3.63, 3.8) is 0 Å². The number of carbonyl (C=O) groups is 1. The van der Waals surface area contributed by atoms with Crippen molar-refractivity contribution in [2.45, 2.75) is 38.6 Å². The Balaban J connectivity index is 1.27. The third-order valence-electron chi connectivity index (χ3n) is 5.82. The van der Waals surface area contributed by atoms with E-state index in [1.54, 1.807) is 12.4 Å². The third-order valence-corrected chi connectivity index (χ3v) is 5.82. The van der Waals surface area contributed by atoms with E-state index in [2.05, 4.69) is 50.2 Å². The number of nitrogens with zero attached hydrogens (tertiary/aromatic N) is 4. The maximum absolute atomic E-state index is 12.5. The average Bonchev–Trinajstić information content (AvgIpc) is 2.74. The standard InChI is InChI=1S/C22H29N5O/c1-17(19-8-7-18-5-2-3-6-20(18)15-19)25-21(28)16-26-11-13-27(14-12-26)22-23-9-4-10-24-22/h4,7-10,15,17H,2-3,5-6,11-14,16H2,1H3,(H,25,28)/t17-/m0/s1. The van der Waals surface area contributed by atoms with Crippen molar-refractivity contribution in [1.82, 2.24) is 20.2 Å². The van der Waals surface area contributed by atoms with Gasteiger partial charge < -0.3 is 10.2 Å². The van der Waals surface area contributed by atoms with E-state index >= 15 is 0 Å². The summed E-state index contributed by atoms with van der Waals surface area (Å²) in [4.78, 5) is 25.5. The van der Waals surface area contributed by atoms with Crippen LogP contribution < -0.4 is 10.2 Å². The largest absolute Gasteiger partial charge is 0.348 e. The van der Waals surface area contributed by atoms with Gasteiger partial charge in [-0.25, -0.2) is 9.97 Å². The van der Waals surface area contributed by atoms with Crippen molar-refractivity contribution in [3.05, 3.63) is 53.3 Å². The smallest absolute Gasteiger partial charge is 0.234 e. The van der Waals surface area contributed by atoms with E-state index in [1.165, 1.54) is 42.4 Å². The highest BCUT2D eigenvalue weighted by atomic mass is 16.2. The molecule has 0 unspecified atom stereocenters. The molecule has 28 heavy (non-hydrogen) atoms. The van der Waals surface area contributed by atoms with Crippen LogP contribution in [0.5, 0.6) is 0 Å². The Bertz CT molecular complexity index is 802. The Morgan fingerprint density at radius 3 is 2.54 bits per heavy atom. The zero-order valence-electron chi connectivity index (χ0n) is 16.6. The van der Waals surface area contributed by atoms with Gasteiger partial charge in [0.2, 0.25) is 11.9 Å². The highest BCUT2D eigenvalue weighted by Gasteiger charge is 2.21. The molecule has 0 radical (unpaired) electrons. The summed E-state index contributed by atoms with van der Waals surface area (Å²) < 4.78 is 0. The highest BCUT2D eigenvalue weighted by Crippen LogP contribution is 2.24. The number of benzene rings is 1. The second-order valence-corrected chi connectivity index (χ2v) is 7.84. The molecule has 0 bridgehead atoms. The van der Waals surface area contributed by atoms with Crippen LogP contribution in [0.25, 0.3) is 0 Å². The number of piperazine rings is 1. The van der Waals surface area contributed by atoms with Gasteiger partial charge in [0.05, 0.1) is 12.6 Å². The molecule has 148 valence electrons. The molecule has 1 fully saturated rings. The lowest BCUT2D eigenvalue weighted by atomic mass is 9.89. The van der Waals surface area contributed by atoms with Gasteiger partial charge in [-0.2, -0.15) is 0 Å². The van der Waals surface area contributed by atoms with E-state index in [1.807, 2.05) is 6.07 Å². The van der Waals surface area contributed by atoms with E-state index in [9.17, 15) is 4.79 Å². The lowest BCUT2D eigenvalue weighted by molar-refractivity contribution is -0.123. The molecule has 6 heteroatoms. The van der Waals surface area contributed by atoms with Gasteiger partial charge in [0.15, 0.2) is 0 Å². The van der Waals surface area contributed by atoms with Gasteiger partial charge in [0.25, 0.3) is 0 Å². The van der Waals surface area contributed by atoms with Crippen LogP contribution in [-0.2, 0) is 17.6 Å². The molecule has 0 spiro atoms. The van der Waals surface area contributed by atoms with Crippen LogP contribution in [0.3, 0.4) is 0 Å². The number of anilines is 1. The molecule has 1 aromatic heterocycles. The minimum atomic E-state index is 0.0405. The molecule has 2 heterocycles. The molecule has 1 atom stereocenters. The molecule has 1 N–H and O–H groups in total. The van der Waals surface area contributed by atoms with Crippen molar-refractivity contribution >= 4 is 11.9 Å². The molecule has 1 aliphatic carbocycles. The van der Waals surface area contributed by atoms with E-state index in [0.29, 0.717) is 6.54 Å². The molecule has 1 saturated heterocycles. The summed E-state index contributed by atoms with van der Waals surface area (Å²) in [5.74, 6) is 0.863. The van der Waals surface area contributed by atoms with Crippen LogP contribution in [0.15, 0.2) is 36.7 Å². The number of fused-ring (bicyclic) bond motifs is 1. The third kappa shape index (κ3) is 4.50. The zero-order valence-corrected chi connectivity index (χ0v) is 16.6. The SMILES string of the molecule is C[C@H](NC(=O)CN1CCN(c2ncccn2)CC1)c1ccc2c(c1)CCCC2. The Hall–Kier alpha value is -2.47. The van der Waals surface area contributed by atoms with Crippen molar-refractivity contribution in [3.8, 4) is 0 Å². The first kappa shape index (κ1) is 18.9. The number of carbonyl (C=O) groups excluding carboxylic acids is 1. The number of hydrogen-bond acceptors (Lipinski definition) is 5. The minimum absolute atomic E-state index is 0.0405. The van der Waals surface area contributed by atoms with Crippen LogP contribution >= 0.6 is 0 Å². The number of rotatable bonds is 5. The molecular weight excluding hydrogens is 350 g/mol. The van der Waals surface area contributed by atoms with Crippen LogP contribution in [0.4, 0.5) is 5.95 Å². The molecule has 4 rings (SSSR count).